The van der Waals surface area contributed by atoms with E-state index in [0.717, 1.165) is 11.3 Å². The molecule has 0 radical (unpaired) electrons. The van der Waals surface area contributed by atoms with Crippen LogP contribution in [0.3, 0.4) is 0 Å². The zero-order valence-corrected chi connectivity index (χ0v) is 9.16. The molecular formula is C11H16N2O. The fourth-order valence-electron chi connectivity index (χ4n) is 1.29. The van der Waals surface area contributed by atoms with Crippen molar-refractivity contribution < 1.29 is 4.79 Å². The van der Waals surface area contributed by atoms with Gasteiger partial charge in [-0.15, -0.1) is 0 Å². The summed E-state index contributed by atoms with van der Waals surface area (Å²) in [5.74, 6) is 0.486. The van der Waals surface area contributed by atoms with Crippen molar-refractivity contribution in [2.24, 2.45) is 5.92 Å². The summed E-state index contributed by atoms with van der Waals surface area (Å²) in [5, 5.41) is 0. The lowest BCUT2D eigenvalue weighted by Crippen LogP contribution is -2.09. The minimum Gasteiger partial charge on any atom is -0.292 e. The van der Waals surface area contributed by atoms with Crippen molar-refractivity contribution in [3.05, 3.63) is 23.3 Å². The number of aryl methyl sites for hydroxylation is 1. The fourth-order valence-corrected chi connectivity index (χ4v) is 1.29. The first-order valence-corrected chi connectivity index (χ1v) is 4.83. The van der Waals surface area contributed by atoms with Crippen LogP contribution in [0.25, 0.3) is 0 Å². The summed E-state index contributed by atoms with van der Waals surface area (Å²) in [5.41, 5.74) is 2.36. The smallest absolute Gasteiger partial charge is 0.181 e. The van der Waals surface area contributed by atoms with Crippen LogP contribution >= 0.6 is 0 Å². The summed E-state index contributed by atoms with van der Waals surface area (Å²) in [7, 11) is 0. The maximum absolute atomic E-state index is 11.7. The SMILES string of the molecule is Cc1ncnc(C(=O)CC(C)C)c1C. The number of nitrogens with zero attached hydrogens (tertiary/aromatic N) is 2. The molecule has 1 heterocycles. The Morgan fingerprint density at radius 2 is 2.00 bits per heavy atom. The van der Waals surface area contributed by atoms with Gasteiger partial charge in [0.1, 0.15) is 12.0 Å². The predicted octanol–water partition coefficient (Wildman–Crippen LogP) is 2.32. The van der Waals surface area contributed by atoms with E-state index in [1.54, 1.807) is 0 Å². The summed E-state index contributed by atoms with van der Waals surface area (Å²) in [6.45, 7) is 7.84. The van der Waals surface area contributed by atoms with Gasteiger partial charge in [-0.3, -0.25) is 4.79 Å². The Balaban J connectivity index is 2.96. The van der Waals surface area contributed by atoms with Gasteiger partial charge in [-0.05, 0) is 25.3 Å². The molecule has 0 N–H and O–H groups in total. The van der Waals surface area contributed by atoms with Crippen LogP contribution in [0.5, 0.6) is 0 Å². The molecule has 0 fully saturated rings. The van der Waals surface area contributed by atoms with Crippen LogP contribution in [-0.4, -0.2) is 15.8 Å². The Labute approximate surface area is 84.6 Å². The number of Topliss-reactive ketones (excluding diaryl/α,β-unsaturated/α-hetero) is 1. The van der Waals surface area contributed by atoms with Crippen molar-refractivity contribution in [1.82, 2.24) is 9.97 Å². The molecule has 14 heavy (non-hydrogen) atoms. The van der Waals surface area contributed by atoms with Crippen molar-refractivity contribution in [2.75, 3.05) is 0 Å². The maximum atomic E-state index is 11.7. The first kappa shape index (κ1) is 10.8. The largest absolute Gasteiger partial charge is 0.292 e. The zero-order chi connectivity index (χ0) is 10.7. The number of carbonyl (C=O) groups excluding carboxylic acids is 1. The van der Waals surface area contributed by atoms with Gasteiger partial charge in [0.05, 0.1) is 0 Å². The molecule has 0 atom stereocenters. The van der Waals surface area contributed by atoms with Crippen molar-refractivity contribution in [2.45, 2.75) is 34.1 Å². The number of aromatic nitrogens is 2. The zero-order valence-electron chi connectivity index (χ0n) is 9.16. The third-order valence-corrected chi connectivity index (χ3v) is 2.19. The molecule has 76 valence electrons. The van der Waals surface area contributed by atoms with Crippen molar-refractivity contribution >= 4 is 5.78 Å². The molecule has 0 aliphatic heterocycles. The molecule has 0 aliphatic carbocycles. The Morgan fingerprint density at radius 1 is 1.36 bits per heavy atom. The molecule has 0 saturated carbocycles. The molecule has 0 saturated heterocycles. The van der Waals surface area contributed by atoms with E-state index in [2.05, 4.69) is 9.97 Å². The van der Waals surface area contributed by atoms with Crippen molar-refractivity contribution in [1.29, 1.82) is 0 Å². The molecule has 0 amide bonds. The number of carbonyl (C=O) groups is 1. The van der Waals surface area contributed by atoms with Gasteiger partial charge in [-0.1, -0.05) is 13.8 Å². The molecule has 0 bridgehead atoms. The van der Waals surface area contributed by atoms with Gasteiger partial charge in [-0.25, -0.2) is 9.97 Å². The molecule has 3 nitrogen and oxygen atoms in total. The third-order valence-electron chi connectivity index (χ3n) is 2.19. The monoisotopic (exact) mass is 192 g/mol. The Kier molecular flexibility index (Phi) is 3.33. The summed E-state index contributed by atoms with van der Waals surface area (Å²) < 4.78 is 0. The lowest BCUT2D eigenvalue weighted by Gasteiger charge is -2.06. The lowest BCUT2D eigenvalue weighted by molar-refractivity contribution is 0.0962. The third kappa shape index (κ3) is 2.37. The summed E-state index contributed by atoms with van der Waals surface area (Å²) in [4.78, 5) is 19.8. The number of hydrogen-bond acceptors (Lipinski definition) is 3. The summed E-state index contributed by atoms with van der Waals surface area (Å²) in [6, 6.07) is 0. The average Bonchev–Trinajstić information content (AvgIpc) is 2.08. The number of ketones is 1. The topological polar surface area (TPSA) is 42.9 Å². The van der Waals surface area contributed by atoms with E-state index in [1.165, 1.54) is 6.33 Å². The maximum Gasteiger partial charge on any atom is 0.181 e. The second kappa shape index (κ2) is 4.31. The van der Waals surface area contributed by atoms with E-state index < -0.39 is 0 Å². The highest BCUT2D eigenvalue weighted by Gasteiger charge is 2.13. The molecule has 1 aromatic heterocycles. The molecule has 3 heteroatoms. The average molecular weight is 192 g/mol. The number of rotatable bonds is 3. The van der Waals surface area contributed by atoms with Crippen LogP contribution in [0, 0.1) is 19.8 Å². The van der Waals surface area contributed by atoms with Gasteiger partial charge in [0, 0.05) is 12.1 Å². The van der Waals surface area contributed by atoms with Gasteiger partial charge in [0.15, 0.2) is 5.78 Å². The van der Waals surface area contributed by atoms with Crippen LogP contribution < -0.4 is 0 Å². The van der Waals surface area contributed by atoms with E-state index in [9.17, 15) is 4.79 Å². The van der Waals surface area contributed by atoms with E-state index >= 15 is 0 Å². The normalized spacial score (nSPS) is 10.6. The van der Waals surface area contributed by atoms with Gasteiger partial charge in [-0.2, -0.15) is 0 Å². The van der Waals surface area contributed by atoms with Crippen LogP contribution in [0.15, 0.2) is 6.33 Å². The highest BCUT2D eigenvalue weighted by molar-refractivity contribution is 5.95. The second-order valence-corrected chi connectivity index (χ2v) is 3.95. The molecule has 0 unspecified atom stereocenters. The molecule has 1 aromatic rings. The lowest BCUT2D eigenvalue weighted by atomic mass is 10.0. The summed E-state index contributed by atoms with van der Waals surface area (Å²) in [6.07, 6.45) is 2.01. The predicted molar refractivity (Wildman–Crippen MR) is 55.3 cm³/mol. The highest BCUT2D eigenvalue weighted by atomic mass is 16.1. The minimum atomic E-state index is 0.114. The van der Waals surface area contributed by atoms with Crippen LogP contribution in [0.4, 0.5) is 0 Å². The van der Waals surface area contributed by atoms with Crippen LogP contribution in [0.2, 0.25) is 0 Å². The van der Waals surface area contributed by atoms with E-state index in [0.29, 0.717) is 18.0 Å². The van der Waals surface area contributed by atoms with E-state index in [1.807, 2.05) is 27.7 Å². The van der Waals surface area contributed by atoms with Gasteiger partial charge in [0.2, 0.25) is 0 Å². The molecule has 0 aromatic carbocycles. The fraction of sp³-hybridized carbons (Fsp3) is 0.545. The van der Waals surface area contributed by atoms with Gasteiger partial charge in [0.25, 0.3) is 0 Å². The molecule has 0 spiro atoms. The Morgan fingerprint density at radius 3 is 2.57 bits per heavy atom. The van der Waals surface area contributed by atoms with Crippen molar-refractivity contribution in [3.63, 3.8) is 0 Å². The Bertz CT molecular complexity index is 345. The first-order chi connectivity index (χ1) is 6.52. The van der Waals surface area contributed by atoms with E-state index in [-0.39, 0.29) is 5.78 Å². The van der Waals surface area contributed by atoms with Crippen LogP contribution in [0.1, 0.15) is 42.0 Å². The quantitative estimate of drug-likeness (QED) is 0.690. The Hall–Kier alpha value is -1.25. The summed E-state index contributed by atoms with van der Waals surface area (Å²) >= 11 is 0. The highest BCUT2D eigenvalue weighted by Crippen LogP contribution is 2.12. The van der Waals surface area contributed by atoms with Crippen molar-refractivity contribution in [3.8, 4) is 0 Å². The van der Waals surface area contributed by atoms with Gasteiger partial charge >= 0.3 is 0 Å². The van der Waals surface area contributed by atoms with Crippen LogP contribution in [-0.2, 0) is 0 Å². The first-order valence-electron chi connectivity index (χ1n) is 4.83. The minimum absolute atomic E-state index is 0.114. The number of hydrogen-bond donors (Lipinski definition) is 0. The second-order valence-electron chi connectivity index (χ2n) is 3.95. The van der Waals surface area contributed by atoms with Gasteiger partial charge < -0.3 is 0 Å². The standard InChI is InChI=1S/C11H16N2O/c1-7(2)5-10(14)11-8(3)9(4)12-6-13-11/h6-7H,5H2,1-4H3. The molecule has 1 rings (SSSR count). The molecule has 0 aliphatic rings. The van der Waals surface area contributed by atoms with E-state index in [4.69, 9.17) is 0 Å². The molecular weight excluding hydrogens is 176 g/mol.